The largest absolute Gasteiger partial charge is 0.497 e. The Labute approximate surface area is 194 Å². The highest BCUT2D eigenvalue weighted by Gasteiger charge is 2.29. The number of carbonyl (C=O) groups excluding carboxylic acids is 2. The third kappa shape index (κ3) is 4.16. The summed E-state index contributed by atoms with van der Waals surface area (Å²) in [4.78, 5) is 25.3. The van der Waals surface area contributed by atoms with Crippen molar-refractivity contribution in [3.05, 3.63) is 87.6 Å². The summed E-state index contributed by atoms with van der Waals surface area (Å²) >= 11 is 6.21. The maximum Gasteiger partial charge on any atom is 0.343 e. The van der Waals surface area contributed by atoms with Crippen molar-refractivity contribution in [1.82, 2.24) is 0 Å². The first-order valence-corrected chi connectivity index (χ1v) is 10.4. The van der Waals surface area contributed by atoms with Crippen LogP contribution in [0.1, 0.15) is 31.8 Å². The molecule has 0 N–H and O–H groups in total. The third-order valence-corrected chi connectivity index (χ3v) is 5.39. The fraction of sp³-hybridized carbons (Fsp3) is 0.120. The van der Waals surface area contributed by atoms with E-state index in [0.29, 0.717) is 45.6 Å². The molecule has 0 amide bonds. The number of ketones is 1. The summed E-state index contributed by atoms with van der Waals surface area (Å²) < 4.78 is 27.2. The number of carbonyl (C=O) groups is 2. The minimum absolute atomic E-state index is 0.114. The number of benzene rings is 3. The second-order valence-electron chi connectivity index (χ2n) is 7.31. The number of fused-ring (bicyclic) bond motifs is 2. The van der Waals surface area contributed by atoms with Gasteiger partial charge in [-0.15, -0.1) is 0 Å². The molecule has 166 valence electrons. The average Bonchev–Trinajstić information content (AvgIpc) is 3.13. The van der Waals surface area contributed by atoms with Gasteiger partial charge in [0.05, 0.1) is 24.8 Å². The first kappa shape index (κ1) is 21.1. The summed E-state index contributed by atoms with van der Waals surface area (Å²) in [5, 5.41) is 0.491. The van der Waals surface area contributed by atoms with E-state index in [2.05, 4.69) is 0 Å². The average molecular weight is 465 g/mol. The van der Waals surface area contributed by atoms with E-state index in [1.54, 1.807) is 61.7 Å². The molecule has 0 fully saturated rings. The predicted octanol–water partition coefficient (Wildman–Crippen LogP) is 5.05. The zero-order chi connectivity index (χ0) is 22.9. The van der Waals surface area contributed by atoms with Gasteiger partial charge >= 0.3 is 5.97 Å². The summed E-state index contributed by atoms with van der Waals surface area (Å²) in [6, 6.07) is 14.6. The van der Waals surface area contributed by atoms with Gasteiger partial charge < -0.3 is 23.7 Å². The Morgan fingerprint density at radius 1 is 1.06 bits per heavy atom. The number of ether oxygens (including phenoxy) is 5. The Balaban J connectivity index is 1.38. The fourth-order valence-electron chi connectivity index (χ4n) is 3.58. The van der Waals surface area contributed by atoms with Crippen LogP contribution >= 0.6 is 11.6 Å². The fourth-order valence-corrected chi connectivity index (χ4v) is 3.83. The number of allylic oxidation sites excluding steroid dienone is 1. The number of halogens is 1. The highest BCUT2D eigenvalue weighted by Crippen LogP contribution is 2.38. The Morgan fingerprint density at radius 2 is 1.85 bits per heavy atom. The summed E-state index contributed by atoms with van der Waals surface area (Å²) in [6.07, 6.45) is 1.58. The zero-order valence-electron chi connectivity index (χ0n) is 17.4. The van der Waals surface area contributed by atoms with Gasteiger partial charge in [0, 0.05) is 22.2 Å². The van der Waals surface area contributed by atoms with Gasteiger partial charge in [-0.05, 0) is 54.6 Å². The van der Waals surface area contributed by atoms with Gasteiger partial charge in [-0.1, -0.05) is 11.6 Å². The molecule has 0 saturated carbocycles. The van der Waals surface area contributed by atoms with Crippen LogP contribution in [0.2, 0.25) is 5.02 Å². The smallest absolute Gasteiger partial charge is 0.343 e. The lowest BCUT2D eigenvalue weighted by molar-refractivity contribution is -0.0165. The molecule has 3 aromatic carbocycles. The van der Waals surface area contributed by atoms with E-state index >= 15 is 0 Å². The van der Waals surface area contributed by atoms with Gasteiger partial charge in [-0.25, -0.2) is 4.79 Å². The molecule has 0 saturated heterocycles. The minimum Gasteiger partial charge on any atom is -0.497 e. The minimum atomic E-state index is -0.539. The standard InChI is InChI=1S/C25H17ClO7/c1-29-18-4-2-14(3-5-18)25(28)32-19-6-7-20-21(11-19)33-22(23(20)27)10-15-8-17(26)9-16-12-30-13-31-24(15)16/h2-11H,12-13H2,1H3. The van der Waals surface area contributed by atoms with E-state index in [1.165, 1.54) is 6.07 Å². The molecule has 0 atom stereocenters. The van der Waals surface area contributed by atoms with Gasteiger partial charge in [0.15, 0.2) is 12.6 Å². The van der Waals surface area contributed by atoms with E-state index in [-0.39, 0.29) is 24.1 Å². The van der Waals surface area contributed by atoms with E-state index in [4.69, 9.17) is 35.3 Å². The summed E-state index contributed by atoms with van der Waals surface area (Å²) in [5.74, 6) is 1.06. The maximum absolute atomic E-state index is 12.9. The Hall–Kier alpha value is -3.81. The van der Waals surface area contributed by atoms with E-state index in [0.717, 1.165) is 5.56 Å². The van der Waals surface area contributed by atoms with Gasteiger partial charge in [0.1, 0.15) is 23.0 Å². The van der Waals surface area contributed by atoms with Crippen LogP contribution in [-0.2, 0) is 11.3 Å². The van der Waals surface area contributed by atoms with Crippen molar-refractivity contribution in [2.75, 3.05) is 13.9 Å². The summed E-state index contributed by atoms with van der Waals surface area (Å²) in [7, 11) is 1.55. The van der Waals surface area contributed by atoms with Crippen molar-refractivity contribution in [3.8, 4) is 23.0 Å². The summed E-state index contributed by atoms with van der Waals surface area (Å²) in [6.45, 7) is 0.479. The van der Waals surface area contributed by atoms with Gasteiger partial charge in [-0.3, -0.25) is 4.79 Å². The quantitative estimate of drug-likeness (QED) is 0.303. The first-order valence-electron chi connectivity index (χ1n) is 9.99. The molecule has 0 bridgehead atoms. The van der Waals surface area contributed by atoms with E-state index in [9.17, 15) is 9.59 Å². The molecule has 0 unspecified atom stereocenters. The molecule has 3 aromatic rings. The third-order valence-electron chi connectivity index (χ3n) is 5.17. The zero-order valence-corrected chi connectivity index (χ0v) is 18.2. The molecule has 33 heavy (non-hydrogen) atoms. The van der Waals surface area contributed by atoms with Crippen LogP contribution < -0.4 is 18.9 Å². The van der Waals surface area contributed by atoms with Crippen molar-refractivity contribution < 1.29 is 33.3 Å². The molecule has 0 aromatic heterocycles. The molecule has 0 radical (unpaired) electrons. The second-order valence-corrected chi connectivity index (χ2v) is 7.75. The molecule has 8 heteroatoms. The van der Waals surface area contributed by atoms with E-state index < -0.39 is 5.97 Å². The summed E-state index contributed by atoms with van der Waals surface area (Å²) in [5.41, 5.74) is 2.13. The molecule has 2 aliphatic heterocycles. The Kier molecular flexibility index (Phi) is 5.50. The highest BCUT2D eigenvalue weighted by atomic mass is 35.5. The van der Waals surface area contributed by atoms with Gasteiger partial charge in [0.2, 0.25) is 5.78 Å². The molecule has 2 heterocycles. The van der Waals surface area contributed by atoms with Crippen molar-refractivity contribution >= 4 is 29.4 Å². The first-order chi connectivity index (χ1) is 16.0. The van der Waals surface area contributed by atoms with E-state index in [1.807, 2.05) is 0 Å². The predicted molar refractivity (Wildman–Crippen MR) is 119 cm³/mol. The lowest BCUT2D eigenvalue weighted by Gasteiger charge is -2.20. The van der Waals surface area contributed by atoms with Crippen LogP contribution in [-0.4, -0.2) is 25.7 Å². The SMILES string of the molecule is COc1ccc(C(=O)Oc2ccc3c(c2)OC(=Cc2cc(Cl)cc4c2OCOC4)C3=O)cc1. The normalized spacial score (nSPS) is 15.3. The van der Waals surface area contributed by atoms with Crippen molar-refractivity contribution in [2.45, 2.75) is 6.61 Å². The topological polar surface area (TPSA) is 80.3 Å². The number of Topliss-reactive ketones (excluding diaryl/α,β-unsaturated/α-hetero) is 1. The van der Waals surface area contributed by atoms with Crippen molar-refractivity contribution in [1.29, 1.82) is 0 Å². The van der Waals surface area contributed by atoms with Crippen molar-refractivity contribution in [3.63, 3.8) is 0 Å². The maximum atomic E-state index is 12.9. The van der Waals surface area contributed by atoms with Gasteiger partial charge in [-0.2, -0.15) is 0 Å². The molecular weight excluding hydrogens is 448 g/mol. The Bertz CT molecular complexity index is 1290. The molecule has 0 spiro atoms. The van der Waals surface area contributed by atoms with Crippen molar-refractivity contribution in [2.24, 2.45) is 0 Å². The Morgan fingerprint density at radius 3 is 2.64 bits per heavy atom. The van der Waals surface area contributed by atoms with Crippen LogP contribution in [0.4, 0.5) is 0 Å². The van der Waals surface area contributed by atoms with Crippen LogP contribution in [0.25, 0.3) is 6.08 Å². The molecule has 5 rings (SSSR count). The van der Waals surface area contributed by atoms with Crippen LogP contribution in [0, 0.1) is 0 Å². The number of methoxy groups -OCH3 is 1. The monoisotopic (exact) mass is 464 g/mol. The molecule has 7 nitrogen and oxygen atoms in total. The lowest BCUT2D eigenvalue weighted by Crippen LogP contribution is -2.12. The van der Waals surface area contributed by atoms with Gasteiger partial charge in [0.25, 0.3) is 0 Å². The number of esters is 1. The van der Waals surface area contributed by atoms with Crippen LogP contribution in [0.3, 0.4) is 0 Å². The molecule has 2 aliphatic rings. The van der Waals surface area contributed by atoms with Crippen LogP contribution in [0.5, 0.6) is 23.0 Å². The van der Waals surface area contributed by atoms with Crippen LogP contribution in [0.15, 0.2) is 60.4 Å². The molecule has 0 aliphatic carbocycles. The second kappa shape index (κ2) is 8.61. The molecular formula is C25H17ClO7. The number of hydrogen-bond donors (Lipinski definition) is 0. The highest BCUT2D eigenvalue weighted by molar-refractivity contribution is 6.31. The number of hydrogen-bond acceptors (Lipinski definition) is 7. The number of rotatable bonds is 4. The lowest BCUT2D eigenvalue weighted by atomic mass is 10.1.